The van der Waals surface area contributed by atoms with Crippen molar-refractivity contribution < 1.29 is 4.74 Å². The van der Waals surface area contributed by atoms with Crippen molar-refractivity contribution in [1.29, 1.82) is 5.26 Å². The van der Waals surface area contributed by atoms with Crippen LogP contribution in [0.15, 0.2) is 51.2 Å². The van der Waals surface area contributed by atoms with Gasteiger partial charge in [0.25, 0.3) is 5.56 Å². The summed E-state index contributed by atoms with van der Waals surface area (Å²) in [6.07, 6.45) is 1.68. The Balaban J connectivity index is 2.00. The highest BCUT2D eigenvalue weighted by Gasteiger charge is 2.20. The van der Waals surface area contributed by atoms with Crippen LogP contribution < -0.4 is 15.7 Å². The molecule has 1 aliphatic rings. The van der Waals surface area contributed by atoms with Gasteiger partial charge in [-0.1, -0.05) is 18.2 Å². The number of hydrogen-bond donors (Lipinski definition) is 1. The van der Waals surface area contributed by atoms with Gasteiger partial charge in [0.05, 0.1) is 18.2 Å². The summed E-state index contributed by atoms with van der Waals surface area (Å²) in [5, 5.41) is 13.6. The Morgan fingerprint density at radius 2 is 2.19 bits per heavy atom. The number of nitriles is 1. The zero-order chi connectivity index (χ0) is 19.7. The number of halogens is 2. The molecule has 9 heteroatoms. The van der Waals surface area contributed by atoms with Crippen LogP contribution in [0, 0.1) is 18.3 Å². The van der Waals surface area contributed by atoms with E-state index in [0.717, 1.165) is 0 Å². The smallest absolute Gasteiger partial charge is 0.294 e. The van der Waals surface area contributed by atoms with Gasteiger partial charge in [0.1, 0.15) is 11.6 Å². The molecule has 0 aliphatic carbocycles. The van der Waals surface area contributed by atoms with E-state index in [-0.39, 0.29) is 17.9 Å². The van der Waals surface area contributed by atoms with Crippen molar-refractivity contribution in [2.24, 2.45) is 5.10 Å². The topological polar surface area (TPSA) is 82.6 Å². The number of ether oxygens (including phenoxy) is 1. The number of benzene rings is 1. The predicted molar refractivity (Wildman–Crippen MR) is 107 cm³/mol. The van der Waals surface area contributed by atoms with Gasteiger partial charge in [-0.05, 0) is 41.1 Å². The number of nitrogens with zero attached hydrogens (tertiary/aromatic N) is 4. The first kappa shape index (κ1) is 19.0. The quantitative estimate of drug-likeness (QED) is 0.773. The molecule has 1 aromatic heterocycles. The SMILES string of the molecule is C=C1NN=C(Cn2cc(Br)c(C)c(Oc3cc(Cl)cc(C#N)c3)c2=O)N1C. The molecule has 138 valence electrons. The van der Waals surface area contributed by atoms with E-state index >= 15 is 0 Å². The number of aromatic nitrogens is 1. The molecule has 1 aliphatic heterocycles. The molecule has 1 aromatic carbocycles. The molecule has 27 heavy (non-hydrogen) atoms. The largest absolute Gasteiger partial charge is 0.451 e. The van der Waals surface area contributed by atoms with E-state index in [9.17, 15) is 4.79 Å². The Bertz CT molecular complexity index is 1070. The lowest BCUT2D eigenvalue weighted by molar-refractivity contribution is 0.463. The maximum Gasteiger partial charge on any atom is 0.294 e. The molecule has 7 nitrogen and oxygen atoms in total. The first-order valence-electron chi connectivity index (χ1n) is 7.83. The van der Waals surface area contributed by atoms with E-state index in [4.69, 9.17) is 21.6 Å². The number of pyridine rings is 1. The molecule has 0 radical (unpaired) electrons. The number of likely N-dealkylation sites (N-methyl/N-ethyl adjacent to an activating group) is 1. The van der Waals surface area contributed by atoms with Crippen LogP contribution in [0.2, 0.25) is 5.02 Å². The summed E-state index contributed by atoms with van der Waals surface area (Å²) in [5.74, 6) is 1.72. The predicted octanol–water partition coefficient (Wildman–Crippen LogP) is 3.56. The maximum atomic E-state index is 13.0. The van der Waals surface area contributed by atoms with Crippen LogP contribution in [0.4, 0.5) is 0 Å². The van der Waals surface area contributed by atoms with Gasteiger partial charge in [-0.2, -0.15) is 10.4 Å². The second-order valence-electron chi connectivity index (χ2n) is 5.90. The van der Waals surface area contributed by atoms with Gasteiger partial charge in [0.2, 0.25) is 0 Å². The van der Waals surface area contributed by atoms with Gasteiger partial charge < -0.3 is 14.2 Å². The molecule has 2 aromatic rings. The summed E-state index contributed by atoms with van der Waals surface area (Å²) < 4.78 is 8.00. The highest BCUT2D eigenvalue weighted by molar-refractivity contribution is 9.10. The maximum absolute atomic E-state index is 13.0. The molecule has 0 fully saturated rings. The van der Waals surface area contributed by atoms with Crippen LogP contribution in [0.1, 0.15) is 11.1 Å². The molecule has 0 spiro atoms. The van der Waals surface area contributed by atoms with Crippen LogP contribution in [0.5, 0.6) is 11.5 Å². The lowest BCUT2D eigenvalue weighted by atomic mass is 10.2. The van der Waals surface area contributed by atoms with Crippen LogP contribution in [-0.4, -0.2) is 22.4 Å². The van der Waals surface area contributed by atoms with Crippen LogP contribution in [-0.2, 0) is 6.54 Å². The average molecular weight is 449 g/mol. The van der Waals surface area contributed by atoms with Crippen LogP contribution in [0.3, 0.4) is 0 Å². The lowest BCUT2D eigenvalue weighted by Gasteiger charge is -2.17. The molecule has 2 heterocycles. The Hall–Kier alpha value is -2.76. The third kappa shape index (κ3) is 3.84. The summed E-state index contributed by atoms with van der Waals surface area (Å²) in [4.78, 5) is 14.7. The van der Waals surface area contributed by atoms with E-state index in [2.05, 4.69) is 33.0 Å². The Kier molecular flexibility index (Phi) is 5.26. The van der Waals surface area contributed by atoms with Crippen molar-refractivity contribution in [3.8, 4) is 17.6 Å². The van der Waals surface area contributed by atoms with E-state index in [1.165, 1.54) is 16.7 Å². The zero-order valence-electron chi connectivity index (χ0n) is 14.6. The standard InChI is InChI=1S/C18H15BrClN5O2/c1-10-15(19)8-25(9-16-23-22-11(2)24(16)3)18(26)17(10)27-14-5-12(7-21)4-13(20)6-14/h4-6,8,22H,2,9H2,1,3H3. The third-order valence-corrected chi connectivity index (χ3v) is 5.08. The average Bonchev–Trinajstić information content (AvgIpc) is 2.94. The number of amidine groups is 1. The minimum absolute atomic E-state index is 0.142. The van der Waals surface area contributed by atoms with E-state index in [0.29, 0.717) is 38.0 Å². The van der Waals surface area contributed by atoms with E-state index in [1.807, 2.05) is 13.1 Å². The molecule has 0 unspecified atom stereocenters. The van der Waals surface area contributed by atoms with Gasteiger partial charge in [0.15, 0.2) is 11.6 Å². The molecule has 0 bridgehead atoms. The second-order valence-corrected chi connectivity index (χ2v) is 7.19. The first-order valence-corrected chi connectivity index (χ1v) is 9.00. The highest BCUT2D eigenvalue weighted by atomic mass is 79.9. The highest BCUT2D eigenvalue weighted by Crippen LogP contribution is 2.29. The lowest BCUT2D eigenvalue weighted by Crippen LogP contribution is -2.31. The van der Waals surface area contributed by atoms with Crippen molar-refractivity contribution in [3.63, 3.8) is 0 Å². The summed E-state index contributed by atoms with van der Waals surface area (Å²) in [7, 11) is 1.81. The van der Waals surface area contributed by atoms with Crippen LogP contribution in [0.25, 0.3) is 0 Å². The van der Waals surface area contributed by atoms with Crippen molar-refractivity contribution in [2.75, 3.05) is 7.05 Å². The van der Waals surface area contributed by atoms with Gasteiger partial charge in [-0.15, -0.1) is 0 Å². The first-order chi connectivity index (χ1) is 12.8. The minimum atomic E-state index is -0.331. The molecule has 0 saturated heterocycles. The van der Waals surface area contributed by atoms with E-state index < -0.39 is 0 Å². The Morgan fingerprint density at radius 3 is 2.81 bits per heavy atom. The number of rotatable bonds is 4. The fraction of sp³-hybridized carbons (Fsp3) is 0.167. The number of hydrogen-bond acceptors (Lipinski definition) is 6. The van der Waals surface area contributed by atoms with Gasteiger partial charge in [0, 0.05) is 28.3 Å². The summed E-state index contributed by atoms with van der Waals surface area (Å²) >= 11 is 9.48. The zero-order valence-corrected chi connectivity index (χ0v) is 16.9. The summed E-state index contributed by atoms with van der Waals surface area (Å²) in [5.41, 5.74) is 3.43. The number of nitrogens with one attached hydrogen (secondary N) is 1. The molecule has 0 amide bonds. The van der Waals surface area contributed by atoms with Crippen molar-refractivity contribution in [1.82, 2.24) is 14.9 Å². The molecule has 3 rings (SSSR count). The summed E-state index contributed by atoms with van der Waals surface area (Å²) in [6, 6.07) is 6.61. The van der Waals surface area contributed by atoms with Crippen molar-refractivity contribution >= 4 is 33.4 Å². The normalized spacial score (nSPS) is 13.2. The molecular weight excluding hydrogens is 434 g/mol. The minimum Gasteiger partial charge on any atom is -0.451 e. The van der Waals surface area contributed by atoms with Crippen molar-refractivity contribution in [2.45, 2.75) is 13.5 Å². The molecule has 0 saturated carbocycles. The van der Waals surface area contributed by atoms with Crippen molar-refractivity contribution in [3.05, 3.63) is 67.8 Å². The third-order valence-electron chi connectivity index (χ3n) is 4.06. The Morgan fingerprint density at radius 1 is 1.44 bits per heavy atom. The number of hydrazone groups is 1. The second kappa shape index (κ2) is 7.47. The Labute approximate surface area is 169 Å². The van der Waals surface area contributed by atoms with Crippen LogP contribution >= 0.6 is 27.5 Å². The fourth-order valence-electron chi connectivity index (χ4n) is 2.46. The van der Waals surface area contributed by atoms with Gasteiger partial charge in [-0.25, -0.2) is 0 Å². The van der Waals surface area contributed by atoms with Gasteiger partial charge in [-0.3, -0.25) is 10.2 Å². The van der Waals surface area contributed by atoms with E-state index in [1.54, 1.807) is 24.1 Å². The van der Waals surface area contributed by atoms with Gasteiger partial charge >= 0.3 is 0 Å². The fourth-order valence-corrected chi connectivity index (χ4v) is 3.11. The molecular formula is C18H15BrClN5O2. The summed E-state index contributed by atoms with van der Waals surface area (Å²) in [6.45, 7) is 5.82. The molecule has 1 N–H and O–H groups in total. The molecule has 0 atom stereocenters. The monoisotopic (exact) mass is 447 g/mol.